The number of carbonyl (C=O) groups is 1. The van der Waals surface area contributed by atoms with Crippen LogP contribution in [0.5, 0.6) is 0 Å². The standard InChI is InChI=1S/C15H24N2O3S2/c1-12(17-22(2,19)20)14(18)16-11-15(8-4-3-5-9-15)13-7-6-10-21-13/h6-7,10,12,17H,3-5,8-9,11H2,1-2H3,(H,16,18)/t12-/m0/s1. The Balaban J connectivity index is 2.02. The third kappa shape index (κ3) is 4.54. The van der Waals surface area contributed by atoms with E-state index in [2.05, 4.69) is 21.5 Å². The molecule has 1 fully saturated rings. The van der Waals surface area contributed by atoms with Crippen LogP contribution < -0.4 is 10.0 Å². The smallest absolute Gasteiger partial charge is 0.237 e. The van der Waals surface area contributed by atoms with Crippen molar-refractivity contribution in [2.45, 2.75) is 50.5 Å². The Morgan fingerprint density at radius 2 is 2.05 bits per heavy atom. The first-order valence-corrected chi connectivity index (χ1v) is 10.4. The van der Waals surface area contributed by atoms with Crippen molar-refractivity contribution >= 4 is 27.3 Å². The van der Waals surface area contributed by atoms with E-state index in [1.54, 1.807) is 18.3 Å². The van der Waals surface area contributed by atoms with Gasteiger partial charge >= 0.3 is 0 Å². The van der Waals surface area contributed by atoms with Gasteiger partial charge in [-0.3, -0.25) is 4.79 Å². The van der Waals surface area contributed by atoms with E-state index >= 15 is 0 Å². The van der Waals surface area contributed by atoms with E-state index in [4.69, 9.17) is 0 Å². The van der Waals surface area contributed by atoms with Gasteiger partial charge in [-0.1, -0.05) is 25.3 Å². The van der Waals surface area contributed by atoms with E-state index in [9.17, 15) is 13.2 Å². The van der Waals surface area contributed by atoms with Crippen molar-refractivity contribution in [2.24, 2.45) is 0 Å². The second-order valence-electron chi connectivity index (χ2n) is 6.15. The minimum atomic E-state index is -3.38. The van der Waals surface area contributed by atoms with Crippen LogP contribution in [-0.4, -0.2) is 33.2 Å². The van der Waals surface area contributed by atoms with E-state index < -0.39 is 16.1 Å². The lowest BCUT2D eigenvalue weighted by atomic mass is 9.73. The number of amides is 1. The van der Waals surface area contributed by atoms with Crippen LogP contribution in [-0.2, 0) is 20.2 Å². The predicted octanol–water partition coefficient (Wildman–Crippen LogP) is 2.00. The highest BCUT2D eigenvalue weighted by molar-refractivity contribution is 7.88. The van der Waals surface area contributed by atoms with Crippen molar-refractivity contribution in [2.75, 3.05) is 12.8 Å². The number of carbonyl (C=O) groups excluding carboxylic acids is 1. The minimum Gasteiger partial charge on any atom is -0.354 e. The highest BCUT2D eigenvalue weighted by atomic mass is 32.2. The summed E-state index contributed by atoms with van der Waals surface area (Å²) in [5, 5.41) is 5.02. The molecule has 1 aromatic rings. The van der Waals surface area contributed by atoms with Crippen LogP contribution in [0.4, 0.5) is 0 Å². The fourth-order valence-electron chi connectivity index (χ4n) is 3.10. The second-order valence-corrected chi connectivity index (χ2v) is 8.88. The molecule has 1 aliphatic rings. The molecule has 0 aromatic carbocycles. The van der Waals surface area contributed by atoms with Crippen molar-refractivity contribution in [3.63, 3.8) is 0 Å². The molecule has 1 amide bonds. The number of thiophene rings is 1. The molecular formula is C15H24N2O3S2. The monoisotopic (exact) mass is 344 g/mol. The average molecular weight is 345 g/mol. The molecule has 1 aromatic heterocycles. The summed E-state index contributed by atoms with van der Waals surface area (Å²) in [7, 11) is -3.38. The van der Waals surface area contributed by atoms with Crippen molar-refractivity contribution < 1.29 is 13.2 Å². The molecular weight excluding hydrogens is 320 g/mol. The van der Waals surface area contributed by atoms with E-state index in [0.717, 1.165) is 19.1 Å². The van der Waals surface area contributed by atoms with Crippen molar-refractivity contribution in [1.29, 1.82) is 0 Å². The molecule has 1 aliphatic carbocycles. The van der Waals surface area contributed by atoms with E-state index in [-0.39, 0.29) is 11.3 Å². The van der Waals surface area contributed by atoms with Gasteiger partial charge in [-0.2, -0.15) is 0 Å². The minimum absolute atomic E-state index is 0.00683. The first kappa shape index (κ1) is 17.4. The molecule has 0 unspecified atom stereocenters. The molecule has 2 N–H and O–H groups in total. The van der Waals surface area contributed by atoms with Gasteiger partial charge in [0, 0.05) is 16.8 Å². The number of hydrogen-bond donors (Lipinski definition) is 2. The molecule has 124 valence electrons. The number of sulfonamides is 1. The Labute approximate surface area is 136 Å². The summed E-state index contributed by atoms with van der Waals surface area (Å²) in [5.41, 5.74) is 0.00683. The molecule has 0 saturated heterocycles. The Hall–Kier alpha value is -0.920. The maximum Gasteiger partial charge on any atom is 0.237 e. The lowest BCUT2D eigenvalue weighted by molar-refractivity contribution is -0.122. The molecule has 7 heteroatoms. The molecule has 0 radical (unpaired) electrons. The Kier molecular flexibility index (Phi) is 5.63. The van der Waals surface area contributed by atoms with Gasteiger partial charge in [-0.25, -0.2) is 13.1 Å². The fourth-order valence-corrected chi connectivity index (χ4v) is 4.84. The summed E-state index contributed by atoms with van der Waals surface area (Å²) < 4.78 is 24.7. The zero-order chi connectivity index (χ0) is 16.2. The lowest BCUT2D eigenvalue weighted by Crippen LogP contribution is -2.49. The molecule has 22 heavy (non-hydrogen) atoms. The Morgan fingerprint density at radius 3 is 2.59 bits per heavy atom. The van der Waals surface area contributed by atoms with Crippen LogP contribution in [0.15, 0.2) is 17.5 Å². The van der Waals surface area contributed by atoms with Crippen molar-refractivity contribution in [3.05, 3.63) is 22.4 Å². The molecule has 0 spiro atoms. The summed E-state index contributed by atoms with van der Waals surface area (Å²) in [6.07, 6.45) is 6.79. The summed E-state index contributed by atoms with van der Waals surface area (Å²) in [6.45, 7) is 2.14. The normalized spacial score (nSPS) is 19.5. The third-order valence-corrected chi connectivity index (χ3v) is 6.14. The van der Waals surface area contributed by atoms with Crippen LogP contribution in [0.1, 0.15) is 43.9 Å². The SMILES string of the molecule is C[C@H](NS(C)(=O)=O)C(=O)NCC1(c2cccs2)CCCCC1. The number of rotatable bonds is 6. The van der Waals surface area contributed by atoms with Gasteiger partial charge in [0.2, 0.25) is 15.9 Å². The van der Waals surface area contributed by atoms with Gasteiger partial charge in [0.05, 0.1) is 12.3 Å². The zero-order valence-electron chi connectivity index (χ0n) is 13.1. The van der Waals surface area contributed by atoms with Crippen LogP contribution in [0.25, 0.3) is 0 Å². The topological polar surface area (TPSA) is 75.3 Å². The van der Waals surface area contributed by atoms with Gasteiger partial charge in [0.1, 0.15) is 0 Å². The van der Waals surface area contributed by atoms with Gasteiger partial charge in [0.25, 0.3) is 0 Å². The fraction of sp³-hybridized carbons (Fsp3) is 0.667. The lowest BCUT2D eigenvalue weighted by Gasteiger charge is -2.37. The van der Waals surface area contributed by atoms with Gasteiger partial charge in [-0.15, -0.1) is 11.3 Å². The van der Waals surface area contributed by atoms with E-state index in [0.29, 0.717) is 6.54 Å². The number of hydrogen-bond acceptors (Lipinski definition) is 4. The third-order valence-electron chi connectivity index (χ3n) is 4.24. The Morgan fingerprint density at radius 1 is 1.36 bits per heavy atom. The summed E-state index contributed by atoms with van der Waals surface area (Å²) >= 11 is 1.74. The molecule has 0 bridgehead atoms. The highest BCUT2D eigenvalue weighted by Crippen LogP contribution is 2.41. The van der Waals surface area contributed by atoms with E-state index in [1.807, 2.05) is 6.07 Å². The molecule has 0 aliphatic heterocycles. The molecule has 1 atom stereocenters. The van der Waals surface area contributed by atoms with Crippen molar-refractivity contribution in [3.8, 4) is 0 Å². The molecule has 2 rings (SSSR count). The highest BCUT2D eigenvalue weighted by Gasteiger charge is 2.35. The van der Waals surface area contributed by atoms with Gasteiger partial charge in [0.15, 0.2) is 0 Å². The molecule has 1 heterocycles. The first-order chi connectivity index (χ1) is 10.3. The number of nitrogens with one attached hydrogen (secondary N) is 2. The molecule has 1 saturated carbocycles. The Bertz CT molecular complexity index is 590. The largest absolute Gasteiger partial charge is 0.354 e. The zero-order valence-corrected chi connectivity index (χ0v) is 14.7. The second kappa shape index (κ2) is 7.10. The van der Waals surface area contributed by atoms with E-state index in [1.165, 1.54) is 24.1 Å². The first-order valence-electron chi connectivity index (χ1n) is 7.61. The van der Waals surface area contributed by atoms with Crippen LogP contribution in [0.3, 0.4) is 0 Å². The van der Waals surface area contributed by atoms with Crippen LogP contribution >= 0.6 is 11.3 Å². The quantitative estimate of drug-likeness (QED) is 0.829. The van der Waals surface area contributed by atoms with Gasteiger partial charge in [-0.05, 0) is 31.2 Å². The predicted molar refractivity (Wildman–Crippen MR) is 89.5 cm³/mol. The average Bonchev–Trinajstić information content (AvgIpc) is 2.98. The summed E-state index contributed by atoms with van der Waals surface area (Å²) in [5.74, 6) is -0.271. The summed E-state index contributed by atoms with van der Waals surface area (Å²) in [6, 6.07) is 3.44. The molecule has 5 nitrogen and oxygen atoms in total. The van der Waals surface area contributed by atoms with Gasteiger partial charge < -0.3 is 5.32 Å². The van der Waals surface area contributed by atoms with Crippen LogP contribution in [0.2, 0.25) is 0 Å². The summed E-state index contributed by atoms with van der Waals surface area (Å²) in [4.78, 5) is 13.5. The van der Waals surface area contributed by atoms with Crippen molar-refractivity contribution in [1.82, 2.24) is 10.0 Å². The maximum absolute atomic E-state index is 12.1. The van der Waals surface area contributed by atoms with Crippen LogP contribution in [0, 0.1) is 0 Å². The maximum atomic E-state index is 12.1.